The standard InChI is InChI=1S/C13H17NO5/c1-2-4-8(13(18)19)7-14-12(17)11-9(15)5-3-6-10(11)16/h3,5-6,8,15-16H,2,4,7H2,1H3,(H,14,17)(H,18,19). The topological polar surface area (TPSA) is 107 Å². The third-order valence-corrected chi connectivity index (χ3v) is 2.74. The van der Waals surface area contributed by atoms with Crippen molar-refractivity contribution in [3.63, 3.8) is 0 Å². The van der Waals surface area contributed by atoms with Gasteiger partial charge in [-0.1, -0.05) is 19.4 Å². The van der Waals surface area contributed by atoms with Gasteiger partial charge in [-0.15, -0.1) is 0 Å². The molecule has 104 valence electrons. The second-order valence-electron chi connectivity index (χ2n) is 4.21. The highest BCUT2D eigenvalue weighted by Gasteiger charge is 2.20. The van der Waals surface area contributed by atoms with E-state index in [-0.39, 0.29) is 23.6 Å². The summed E-state index contributed by atoms with van der Waals surface area (Å²) >= 11 is 0. The third kappa shape index (κ3) is 3.87. The van der Waals surface area contributed by atoms with Crippen LogP contribution in [0.2, 0.25) is 0 Å². The smallest absolute Gasteiger partial charge is 0.308 e. The number of hydrogen-bond acceptors (Lipinski definition) is 4. The van der Waals surface area contributed by atoms with Gasteiger partial charge in [-0.05, 0) is 18.6 Å². The zero-order chi connectivity index (χ0) is 14.4. The number of phenols is 2. The lowest BCUT2D eigenvalue weighted by molar-refractivity contribution is -0.141. The SMILES string of the molecule is CCCC(CNC(=O)c1c(O)cccc1O)C(=O)O. The minimum absolute atomic E-state index is 0.0459. The molecule has 0 fully saturated rings. The quantitative estimate of drug-likeness (QED) is 0.622. The van der Waals surface area contributed by atoms with Crippen molar-refractivity contribution < 1.29 is 24.9 Å². The molecule has 1 unspecified atom stereocenters. The molecule has 19 heavy (non-hydrogen) atoms. The van der Waals surface area contributed by atoms with E-state index in [0.29, 0.717) is 12.8 Å². The minimum atomic E-state index is -0.983. The van der Waals surface area contributed by atoms with E-state index in [4.69, 9.17) is 5.11 Å². The molecule has 1 aromatic rings. The summed E-state index contributed by atoms with van der Waals surface area (Å²) in [5.41, 5.74) is -0.247. The van der Waals surface area contributed by atoms with Gasteiger partial charge in [0.15, 0.2) is 0 Å². The molecule has 0 heterocycles. The van der Waals surface area contributed by atoms with Crippen molar-refractivity contribution in [3.8, 4) is 11.5 Å². The fourth-order valence-electron chi connectivity index (χ4n) is 1.73. The van der Waals surface area contributed by atoms with Gasteiger partial charge >= 0.3 is 5.97 Å². The van der Waals surface area contributed by atoms with E-state index in [0.717, 1.165) is 0 Å². The van der Waals surface area contributed by atoms with Crippen LogP contribution in [0, 0.1) is 5.92 Å². The van der Waals surface area contributed by atoms with Gasteiger partial charge in [-0.3, -0.25) is 9.59 Å². The highest BCUT2D eigenvalue weighted by molar-refractivity contribution is 5.99. The van der Waals surface area contributed by atoms with Crippen molar-refractivity contribution in [2.75, 3.05) is 6.54 Å². The molecule has 0 aromatic heterocycles. The van der Waals surface area contributed by atoms with Crippen molar-refractivity contribution in [1.82, 2.24) is 5.32 Å². The van der Waals surface area contributed by atoms with Crippen molar-refractivity contribution in [3.05, 3.63) is 23.8 Å². The molecule has 1 rings (SSSR count). The van der Waals surface area contributed by atoms with Crippen LogP contribution in [0.5, 0.6) is 11.5 Å². The van der Waals surface area contributed by atoms with E-state index >= 15 is 0 Å². The number of amides is 1. The fraction of sp³-hybridized carbons (Fsp3) is 0.385. The molecular weight excluding hydrogens is 250 g/mol. The van der Waals surface area contributed by atoms with Crippen LogP contribution in [0.15, 0.2) is 18.2 Å². The predicted octanol–water partition coefficient (Wildman–Crippen LogP) is 1.33. The number of aromatic hydroxyl groups is 2. The lowest BCUT2D eigenvalue weighted by atomic mass is 10.0. The normalized spacial score (nSPS) is 11.8. The molecule has 0 radical (unpaired) electrons. The Bertz CT molecular complexity index is 452. The average Bonchev–Trinajstić information content (AvgIpc) is 2.33. The second kappa shape index (κ2) is 6.63. The number of aliphatic carboxylic acids is 1. The minimum Gasteiger partial charge on any atom is -0.507 e. The Hall–Kier alpha value is -2.24. The molecule has 0 saturated carbocycles. The largest absolute Gasteiger partial charge is 0.507 e. The maximum absolute atomic E-state index is 11.8. The summed E-state index contributed by atoms with van der Waals surface area (Å²) in [6, 6.07) is 3.95. The van der Waals surface area contributed by atoms with Crippen LogP contribution in [-0.4, -0.2) is 33.7 Å². The molecule has 1 aromatic carbocycles. The summed E-state index contributed by atoms with van der Waals surface area (Å²) in [7, 11) is 0. The molecule has 0 spiro atoms. The Morgan fingerprint density at radius 3 is 2.32 bits per heavy atom. The number of carboxylic acid groups (broad SMARTS) is 1. The van der Waals surface area contributed by atoms with Crippen LogP contribution in [0.25, 0.3) is 0 Å². The molecule has 6 heteroatoms. The zero-order valence-electron chi connectivity index (χ0n) is 10.6. The van der Waals surface area contributed by atoms with Gasteiger partial charge in [-0.25, -0.2) is 0 Å². The van der Waals surface area contributed by atoms with Gasteiger partial charge < -0.3 is 20.6 Å². The van der Waals surface area contributed by atoms with Crippen LogP contribution in [-0.2, 0) is 4.79 Å². The monoisotopic (exact) mass is 267 g/mol. The number of hydrogen-bond donors (Lipinski definition) is 4. The molecule has 6 nitrogen and oxygen atoms in total. The predicted molar refractivity (Wildman–Crippen MR) is 68.1 cm³/mol. The van der Waals surface area contributed by atoms with Gasteiger partial charge in [0.25, 0.3) is 5.91 Å². The van der Waals surface area contributed by atoms with Crippen molar-refractivity contribution >= 4 is 11.9 Å². The Morgan fingerprint density at radius 1 is 1.26 bits per heavy atom. The number of carboxylic acids is 1. The Balaban J connectivity index is 2.72. The van der Waals surface area contributed by atoms with E-state index in [9.17, 15) is 19.8 Å². The second-order valence-corrected chi connectivity index (χ2v) is 4.21. The molecule has 0 aliphatic heterocycles. The summed E-state index contributed by atoms with van der Waals surface area (Å²) in [4.78, 5) is 22.7. The number of benzene rings is 1. The van der Waals surface area contributed by atoms with Crippen molar-refractivity contribution in [2.45, 2.75) is 19.8 Å². The maximum atomic E-state index is 11.8. The summed E-state index contributed by atoms with van der Waals surface area (Å²) in [6.45, 7) is 1.81. The Morgan fingerprint density at radius 2 is 1.84 bits per heavy atom. The summed E-state index contributed by atoms with van der Waals surface area (Å²) in [5, 5.41) is 30.4. The lowest BCUT2D eigenvalue weighted by Gasteiger charge is -2.13. The third-order valence-electron chi connectivity index (χ3n) is 2.74. The van der Waals surface area contributed by atoms with Gasteiger partial charge in [-0.2, -0.15) is 0 Å². The van der Waals surface area contributed by atoms with Gasteiger partial charge in [0.2, 0.25) is 0 Å². The molecule has 1 atom stereocenters. The van der Waals surface area contributed by atoms with E-state index < -0.39 is 17.8 Å². The zero-order valence-corrected chi connectivity index (χ0v) is 10.6. The Kier molecular flexibility index (Phi) is 5.17. The lowest BCUT2D eigenvalue weighted by Crippen LogP contribution is -2.33. The van der Waals surface area contributed by atoms with Crippen LogP contribution in [0.4, 0.5) is 0 Å². The van der Waals surface area contributed by atoms with Crippen LogP contribution in [0.3, 0.4) is 0 Å². The van der Waals surface area contributed by atoms with Crippen molar-refractivity contribution in [1.29, 1.82) is 0 Å². The molecule has 0 bridgehead atoms. The molecule has 4 N–H and O–H groups in total. The molecular formula is C13H17NO5. The molecule has 0 saturated heterocycles. The van der Waals surface area contributed by atoms with Gasteiger partial charge in [0, 0.05) is 6.54 Å². The summed E-state index contributed by atoms with van der Waals surface area (Å²) < 4.78 is 0. The maximum Gasteiger partial charge on any atom is 0.308 e. The van der Waals surface area contributed by atoms with Gasteiger partial charge in [0.1, 0.15) is 17.1 Å². The summed E-state index contributed by atoms with van der Waals surface area (Å²) in [5.74, 6) is -3.05. The van der Waals surface area contributed by atoms with E-state index in [2.05, 4.69) is 5.32 Å². The molecule has 0 aliphatic carbocycles. The van der Waals surface area contributed by atoms with Crippen LogP contribution < -0.4 is 5.32 Å². The van der Waals surface area contributed by atoms with E-state index in [1.807, 2.05) is 6.92 Å². The molecule has 1 amide bonds. The van der Waals surface area contributed by atoms with Crippen LogP contribution >= 0.6 is 0 Å². The highest BCUT2D eigenvalue weighted by Crippen LogP contribution is 2.25. The first-order chi connectivity index (χ1) is 8.97. The number of carbonyl (C=O) groups excluding carboxylic acids is 1. The number of rotatable bonds is 6. The number of phenolic OH excluding ortho intramolecular Hbond substituents is 2. The van der Waals surface area contributed by atoms with E-state index in [1.165, 1.54) is 18.2 Å². The molecule has 0 aliphatic rings. The highest BCUT2D eigenvalue weighted by atomic mass is 16.4. The first-order valence-corrected chi connectivity index (χ1v) is 5.99. The average molecular weight is 267 g/mol. The first-order valence-electron chi connectivity index (χ1n) is 5.99. The van der Waals surface area contributed by atoms with Crippen LogP contribution in [0.1, 0.15) is 30.1 Å². The number of carbonyl (C=O) groups is 2. The summed E-state index contributed by atoms with van der Waals surface area (Å²) in [6.07, 6.45) is 1.14. The fourth-order valence-corrected chi connectivity index (χ4v) is 1.73. The number of nitrogens with one attached hydrogen (secondary N) is 1. The van der Waals surface area contributed by atoms with Crippen molar-refractivity contribution in [2.24, 2.45) is 5.92 Å². The van der Waals surface area contributed by atoms with Gasteiger partial charge in [0.05, 0.1) is 5.92 Å². The van der Waals surface area contributed by atoms with E-state index in [1.54, 1.807) is 0 Å². The first kappa shape index (κ1) is 14.8. The Labute approximate surface area is 110 Å².